The number of benzene rings is 1. The molecule has 0 saturated heterocycles. The van der Waals surface area contributed by atoms with Gasteiger partial charge in [0.2, 0.25) is 5.82 Å². The maximum Gasteiger partial charge on any atom is 0.341 e. The molecule has 1 heterocycles. The van der Waals surface area contributed by atoms with Crippen LogP contribution in [0.5, 0.6) is 6.01 Å². The number of rotatable bonds is 4. The highest BCUT2D eigenvalue weighted by atomic mass is 35.5. The van der Waals surface area contributed by atoms with Crippen molar-refractivity contribution in [2.75, 3.05) is 6.61 Å². The van der Waals surface area contributed by atoms with E-state index in [1.165, 1.54) is 6.07 Å². The van der Waals surface area contributed by atoms with Gasteiger partial charge in [-0.2, -0.15) is 4.98 Å². The second kappa shape index (κ2) is 5.33. The van der Waals surface area contributed by atoms with Crippen molar-refractivity contribution in [1.29, 1.82) is 0 Å². The van der Waals surface area contributed by atoms with E-state index in [1.807, 2.05) is 0 Å². The van der Waals surface area contributed by atoms with E-state index in [0.29, 0.717) is 15.4 Å². The average Bonchev–Trinajstić information content (AvgIpc) is 2.68. The molecule has 0 fully saturated rings. The predicted octanol–water partition coefficient (Wildman–Crippen LogP) is 1.95. The summed E-state index contributed by atoms with van der Waals surface area (Å²) in [7, 11) is 0. The molecule has 0 saturated carbocycles. The van der Waals surface area contributed by atoms with E-state index in [4.69, 9.17) is 33.0 Å². The largest absolute Gasteiger partial charge is 0.479 e. The summed E-state index contributed by atoms with van der Waals surface area (Å²) in [5, 5.41) is 22.2. The van der Waals surface area contributed by atoms with E-state index in [0.717, 1.165) is 0 Å². The van der Waals surface area contributed by atoms with E-state index in [-0.39, 0.29) is 16.9 Å². The highest BCUT2D eigenvalue weighted by Gasteiger charge is 2.16. The number of carboxylic acids is 1. The summed E-state index contributed by atoms with van der Waals surface area (Å²) >= 11 is 11.7. The minimum absolute atomic E-state index is 0.0158. The molecule has 0 bridgehead atoms. The van der Waals surface area contributed by atoms with Crippen LogP contribution in [0, 0.1) is 0 Å². The van der Waals surface area contributed by atoms with Crippen LogP contribution in [-0.4, -0.2) is 37.8 Å². The molecule has 0 spiro atoms. The van der Waals surface area contributed by atoms with Gasteiger partial charge in [0.05, 0.1) is 5.02 Å². The van der Waals surface area contributed by atoms with Crippen LogP contribution in [0.3, 0.4) is 0 Å². The zero-order valence-electron chi connectivity index (χ0n) is 9.25. The summed E-state index contributed by atoms with van der Waals surface area (Å²) in [5.41, 5.74) is 0.381. The maximum absolute atomic E-state index is 10.3. The molecule has 2 rings (SSSR count). The van der Waals surface area contributed by atoms with E-state index >= 15 is 0 Å². The number of aromatic nitrogens is 3. The molecule has 1 aromatic heterocycles. The number of nitrogens with zero attached hydrogens (tertiary/aromatic N) is 3. The summed E-state index contributed by atoms with van der Waals surface area (Å²) in [6.07, 6.45) is 0. The Labute approximate surface area is 116 Å². The van der Waals surface area contributed by atoms with Crippen LogP contribution >= 0.6 is 23.2 Å². The molecule has 0 atom stereocenters. The zero-order valence-corrected chi connectivity index (χ0v) is 10.8. The summed E-state index contributed by atoms with van der Waals surface area (Å²) < 4.78 is 4.74. The first kappa shape index (κ1) is 13.4. The van der Waals surface area contributed by atoms with Crippen molar-refractivity contribution in [3.8, 4) is 17.4 Å². The molecule has 0 unspecified atom stereocenters. The van der Waals surface area contributed by atoms with Crippen LogP contribution in [0.2, 0.25) is 10.0 Å². The van der Waals surface area contributed by atoms with Gasteiger partial charge in [-0.3, -0.25) is 0 Å². The first-order valence-electron chi connectivity index (χ1n) is 4.93. The van der Waals surface area contributed by atoms with Crippen molar-refractivity contribution in [1.82, 2.24) is 14.9 Å². The smallest absolute Gasteiger partial charge is 0.341 e. The molecular formula is C10H7Cl2N3O4. The standard InChI is InChI=1S/C10H7Cl2N3O4/c11-5-1-2-6(7(12)3-5)9-13-10(14-15(9)18)19-4-8(16)17/h1-3,18H,4H2,(H,16,17). The third-order valence-electron chi connectivity index (χ3n) is 2.07. The Morgan fingerprint density at radius 2 is 2.16 bits per heavy atom. The highest BCUT2D eigenvalue weighted by Crippen LogP contribution is 2.29. The average molecular weight is 304 g/mol. The van der Waals surface area contributed by atoms with Gasteiger partial charge in [-0.25, -0.2) is 4.79 Å². The quantitative estimate of drug-likeness (QED) is 0.838. The lowest BCUT2D eigenvalue weighted by Crippen LogP contribution is -2.10. The molecule has 2 N–H and O–H groups in total. The van der Waals surface area contributed by atoms with Crippen LogP contribution < -0.4 is 4.74 Å². The summed E-state index contributed by atoms with van der Waals surface area (Å²) in [5.74, 6) is -1.16. The van der Waals surface area contributed by atoms with Gasteiger partial charge in [0.15, 0.2) is 6.61 Å². The van der Waals surface area contributed by atoms with Crippen LogP contribution in [0.4, 0.5) is 0 Å². The number of ether oxygens (including phenoxy) is 1. The van der Waals surface area contributed by atoms with Gasteiger partial charge >= 0.3 is 12.0 Å². The summed E-state index contributed by atoms with van der Waals surface area (Å²) in [6, 6.07) is 4.31. The van der Waals surface area contributed by atoms with E-state index < -0.39 is 12.6 Å². The van der Waals surface area contributed by atoms with E-state index in [2.05, 4.69) is 10.1 Å². The highest BCUT2D eigenvalue weighted by molar-refractivity contribution is 6.36. The topological polar surface area (TPSA) is 97.5 Å². The fourth-order valence-electron chi connectivity index (χ4n) is 1.31. The van der Waals surface area contributed by atoms with Crippen LogP contribution in [0.25, 0.3) is 11.4 Å². The molecule has 2 aromatic rings. The Morgan fingerprint density at radius 3 is 2.79 bits per heavy atom. The van der Waals surface area contributed by atoms with Gasteiger partial charge in [0.25, 0.3) is 0 Å². The molecule has 0 aliphatic heterocycles. The fraction of sp³-hybridized carbons (Fsp3) is 0.100. The lowest BCUT2D eigenvalue weighted by molar-refractivity contribution is -0.139. The zero-order chi connectivity index (χ0) is 14.0. The van der Waals surface area contributed by atoms with Gasteiger partial charge in [0, 0.05) is 10.6 Å². The number of aliphatic carboxylic acids is 1. The molecule has 9 heteroatoms. The van der Waals surface area contributed by atoms with Gasteiger partial charge in [0.1, 0.15) is 0 Å². The normalized spacial score (nSPS) is 10.4. The second-order valence-electron chi connectivity index (χ2n) is 3.41. The Bertz CT molecular complexity index is 629. The monoisotopic (exact) mass is 303 g/mol. The Balaban J connectivity index is 2.32. The number of hydrogen-bond donors (Lipinski definition) is 2. The maximum atomic E-state index is 10.3. The number of carbonyl (C=O) groups is 1. The van der Waals surface area contributed by atoms with Crippen molar-refractivity contribution in [2.24, 2.45) is 0 Å². The lowest BCUT2D eigenvalue weighted by Gasteiger charge is -2.01. The van der Waals surface area contributed by atoms with E-state index in [1.54, 1.807) is 12.1 Å². The molecule has 0 aliphatic rings. The minimum atomic E-state index is -1.18. The van der Waals surface area contributed by atoms with Gasteiger partial charge in [-0.1, -0.05) is 33.1 Å². The molecule has 100 valence electrons. The predicted molar refractivity (Wildman–Crippen MR) is 65.8 cm³/mol. The Kier molecular flexibility index (Phi) is 3.77. The van der Waals surface area contributed by atoms with Crippen molar-refractivity contribution < 1.29 is 19.8 Å². The summed E-state index contributed by atoms with van der Waals surface area (Å²) in [4.78, 5) is 14.6. The molecule has 7 nitrogen and oxygen atoms in total. The lowest BCUT2D eigenvalue weighted by atomic mass is 10.2. The van der Waals surface area contributed by atoms with Crippen molar-refractivity contribution in [2.45, 2.75) is 0 Å². The number of halogens is 2. The van der Waals surface area contributed by atoms with Gasteiger partial charge < -0.3 is 15.1 Å². The first-order chi connectivity index (χ1) is 8.97. The van der Waals surface area contributed by atoms with Crippen LogP contribution in [0.1, 0.15) is 0 Å². The van der Waals surface area contributed by atoms with Crippen molar-refractivity contribution >= 4 is 29.2 Å². The Morgan fingerprint density at radius 1 is 1.42 bits per heavy atom. The molecule has 1 aromatic carbocycles. The minimum Gasteiger partial charge on any atom is -0.479 e. The SMILES string of the molecule is O=C(O)COc1nc(-c2ccc(Cl)cc2Cl)n(O)n1. The van der Waals surface area contributed by atoms with Crippen molar-refractivity contribution in [3.63, 3.8) is 0 Å². The van der Waals surface area contributed by atoms with Crippen LogP contribution in [-0.2, 0) is 4.79 Å². The van der Waals surface area contributed by atoms with Crippen molar-refractivity contribution in [3.05, 3.63) is 28.2 Å². The van der Waals surface area contributed by atoms with Gasteiger partial charge in [-0.05, 0) is 18.2 Å². The molecule has 0 radical (unpaired) electrons. The second-order valence-corrected chi connectivity index (χ2v) is 4.26. The molecule has 0 amide bonds. The third-order valence-corrected chi connectivity index (χ3v) is 2.62. The molecular weight excluding hydrogens is 297 g/mol. The third kappa shape index (κ3) is 3.07. The molecule has 0 aliphatic carbocycles. The van der Waals surface area contributed by atoms with Gasteiger partial charge in [-0.15, -0.1) is 0 Å². The fourth-order valence-corrected chi connectivity index (χ4v) is 1.81. The summed E-state index contributed by atoms with van der Waals surface area (Å²) in [6.45, 7) is -0.613. The number of carboxylic acid groups (broad SMARTS) is 1. The Hall–Kier alpha value is -1.99. The molecule has 19 heavy (non-hydrogen) atoms. The first-order valence-corrected chi connectivity index (χ1v) is 5.69. The number of hydrogen-bond acceptors (Lipinski definition) is 5. The van der Waals surface area contributed by atoms with E-state index in [9.17, 15) is 10.0 Å². The van der Waals surface area contributed by atoms with Crippen LogP contribution in [0.15, 0.2) is 18.2 Å².